The summed E-state index contributed by atoms with van der Waals surface area (Å²) in [6.07, 6.45) is 0. The molecule has 0 fully saturated rings. The predicted octanol–water partition coefficient (Wildman–Crippen LogP) is -4.25. The summed E-state index contributed by atoms with van der Waals surface area (Å²) in [6, 6.07) is 0. The maximum Gasteiger partial charge on any atom is 1.00 e. The molecule has 0 aromatic heterocycles. The van der Waals surface area contributed by atoms with Crippen molar-refractivity contribution in [3.63, 3.8) is 0 Å². The van der Waals surface area contributed by atoms with E-state index in [0.29, 0.717) is 0 Å². The molecule has 0 atom stereocenters. The molecule has 0 amide bonds. The first-order chi connectivity index (χ1) is 1.00. The Morgan fingerprint density at radius 3 is 0.833 bits per heavy atom. The molecule has 0 aromatic carbocycles. The van der Waals surface area contributed by atoms with E-state index in [4.69, 9.17) is 0 Å². The van der Waals surface area contributed by atoms with Gasteiger partial charge in [0.15, 0.2) is 0 Å². The van der Waals surface area contributed by atoms with Crippen molar-refractivity contribution in [2.24, 2.45) is 0 Å². The van der Waals surface area contributed by atoms with E-state index >= 15 is 0 Å². The molecule has 0 saturated heterocycles. The third-order valence-corrected chi connectivity index (χ3v) is 0. The molecule has 4 heteroatoms. The Bertz CT molecular complexity index is 11.5. The summed E-state index contributed by atoms with van der Waals surface area (Å²) in [5.74, 6) is 0. The number of hydrogen-bond acceptors (Lipinski definition) is 0. The Balaban J connectivity index is -0.000000000833. The summed E-state index contributed by atoms with van der Waals surface area (Å²) in [7, 11) is 0. The second kappa shape index (κ2) is 57.3. The molecule has 0 heterocycles. The van der Waals surface area contributed by atoms with E-state index in [0.717, 1.165) is 0 Å². The van der Waals surface area contributed by atoms with Crippen LogP contribution in [-0.4, -0.2) is 0 Å². The zero-order valence-electron chi connectivity index (χ0n) is 4.68. The molecule has 34 valence electrons. The Morgan fingerprint density at radius 2 is 0.833 bits per heavy atom. The Kier molecular flexibility index (Phi) is 397. The Morgan fingerprint density at radius 1 is 0.833 bits per heavy atom. The molecule has 0 aliphatic heterocycles. The van der Waals surface area contributed by atoms with Crippen molar-refractivity contribution in [1.29, 1.82) is 0 Å². The van der Waals surface area contributed by atoms with Crippen LogP contribution in [0.4, 0.5) is 0 Å². The zero-order chi connectivity index (χ0) is 2.00. The van der Waals surface area contributed by atoms with Crippen LogP contribution in [0.1, 0.15) is 0 Å². The monoisotopic (exact) mass is 186 g/mol. The minimum atomic E-state index is 0. The second-order valence-electron chi connectivity index (χ2n) is 0. The molecular formula is C2H6BrCuLi2. The van der Waals surface area contributed by atoms with E-state index in [1.54, 1.807) is 0 Å². The van der Waals surface area contributed by atoms with Crippen LogP contribution >= 0.6 is 14.1 Å². The first kappa shape index (κ1) is 41.6. The summed E-state index contributed by atoms with van der Waals surface area (Å²) < 4.78 is 0. The molecule has 0 N–H and O–H groups in total. The van der Waals surface area contributed by atoms with Crippen LogP contribution in [0.5, 0.6) is 0 Å². The maximum absolute atomic E-state index is 4.00. The smallest absolute Gasteiger partial charge is 1.00 e. The fraction of sp³-hybridized carbons (Fsp3) is 0. The average Bonchev–Trinajstić information content (AvgIpc) is 1.00. The quantitative estimate of drug-likeness (QED) is 0.266. The van der Waals surface area contributed by atoms with Crippen LogP contribution in [0.25, 0.3) is 0 Å². The fourth-order valence-electron chi connectivity index (χ4n) is 0. The molecular weight excluding hydrogens is 181 g/mol. The van der Waals surface area contributed by atoms with Crippen LogP contribution in [0, 0.1) is 14.9 Å². The van der Waals surface area contributed by atoms with Crippen molar-refractivity contribution in [1.82, 2.24) is 0 Å². The van der Waals surface area contributed by atoms with E-state index < -0.39 is 0 Å². The van der Waals surface area contributed by atoms with Gasteiger partial charge >= 0.3 is 66.0 Å². The number of rotatable bonds is 0. The van der Waals surface area contributed by atoms with E-state index in [1.165, 1.54) is 0 Å². The average molecular weight is 187 g/mol. The minimum absolute atomic E-state index is 0. The van der Waals surface area contributed by atoms with Gasteiger partial charge in [-0.25, -0.2) is 0 Å². The summed E-state index contributed by atoms with van der Waals surface area (Å²) in [4.78, 5) is 0. The van der Waals surface area contributed by atoms with Crippen LogP contribution in [0.3, 0.4) is 0 Å². The molecule has 0 aliphatic rings. The molecule has 0 nitrogen and oxygen atoms in total. The first-order valence-corrected chi connectivity index (χ1v) is 2.44. The van der Waals surface area contributed by atoms with Gasteiger partial charge in [-0.3, -0.25) is 0 Å². The second-order valence-corrected chi connectivity index (χ2v) is 0. The third-order valence-electron chi connectivity index (χ3n) is 0. The number of halogens is 1. The van der Waals surface area contributed by atoms with E-state index in [9.17, 15) is 0 Å². The molecule has 0 aromatic rings. The molecule has 6 heavy (non-hydrogen) atoms. The van der Waals surface area contributed by atoms with Gasteiger partial charge in [0.25, 0.3) is 0 Å². The molecule has 0 saturated carbocycles. The fourth-order valence-corrected chi connectivity index (χ4v) is 0. The van der Waals surface area contributed by atoms with Gasteiger partial charge in [-0.1, -0.05) is 0 Å². The van der Waals surface area contributed by atoms with Crippen LogP contribution in [0.2, 0.25) is 0 Å². The van der Waals surface area contributed by atoms with Gasteiger partial charge < -0.3 is 14.9 Å². The Labute approximate surface area is 80.1 Å². The predicted molar refractivity (Wildman–Crippen MR) is 21.8 cm³/mol. The van der Waals surface area contributed by atoms with Crippen LogP contribution < -0.4 is 37.7 Å². The maximum atomic E-state index is 4.00. The standard InChI is InChI=1S/2CH3.BrH.Cu.2Li/h2*1H3;1H;;;/q2*-1;;3*+1/p-1. The van der Waals surface area contributed by atoms with Crippen molar-refractivity contribution in [3.8, 4) is 0 Å². The summed E-state index contributed by atoms with van der Waals surface area (Å²) in [6.45, 7) is 0. The molecule has 0 bridgehead atoms. The van der Waals surface area contributed by atoms with Gasteiger partial charge in [0, 0.05) is 0 Å². The van der Waals surface area contributed by atoms with Gasteiger partial charge in [-0.15, -0.1) is 0 Å². The van der Waals surface area contributed by atoms with Gasteiger partial charge in [0.1, 0.15) is 0 Å². The van der Waals surface area contributed by atoms with Crippen molar-refractivity contribution in [2.75, 3.05) is 0 Å². The van der Waals surface area contributed by atoms with Gasteiger partial charge in [-0.2, -0.15) is 0 Å². The summed E-state index contributed by atoms with van der Waals surface area (Å²) in [5.41, 5.74) is 0. The normalized spacial score (nSPS) is 1.17. The number of hydrogen-bond donors (Lipinski definition) is 0. The molecule has 0 radical (unpaired) electrons. The Hall–Kier alpha value is 2.19. The topological polar surface area (TPSA) is 0 Å². The van der Waals surface area contributed by atoms with Crippen molar-refractivity contribution >= 4 is 14.1 Å². The molecule has 0 rings (SSSR count). The van der Waals surface area contributed by atoms with E-state index in [-0.39, 0.29) is 52.6 Å². The van der Waals surface area contributed by atoms with Crippen LogP contribution in [-0.2, 0) is 14.2 Å². The van der Waals surface area contributed by atoms with Gasteiger partial charge in [-0.05, 0) is 0 Å². The summed E-state index contributed by atoms with van der Waals surface area (Å²) >= 11 is 6.50. The SMILES string of the molecule is [CH3-].[CH3-].[Cu][Br].[Li+].[Li+]. The minimum Gasteiger partial charge on any atom is 1.00 e. The summed E-state index contributed by atoms with van der Waals surface area (Å²) in [5, 5.41) is 0. The van der Waals surface area contributed by atoms with Crippen molar-refractivity contribution < 1.29 is 51.9 Å². The van der Waals surface area contributed by atoms with Crippen molar-refractivity contribution in [3.05, 3.63) is 14.9 Å². The molecule has 0 unspecified atom stereocenters. The van der Waals surface area contributed by atoms with E-state index in [1.807, 2.05) is 0 Å². The van der Waals surface area contributed by atoms with E-state index in [2.05, 4.69) is 28.3 Å². The van der Waals surface area contributed by atoms with Gasteiger partial charge in [0.05, 0.1) is 0 Å². The molecule has 0 aliphatic carbocycles. The zero-order valence-corrected chi connectivity index (χ0v) is 7.21. The van der Waals surface area contributed by atoms with Crippen molar-refractivity contribution in [2.45, 2.75) is 0 Å². The van der Waals surface area contributed by atoms with Crippen LogP contribution in [0.15, 0.2) is 0 Å². The first-order valence-electron chi connectivity index (χ1n) is 0.114. The largest absolute Gasteiger partial charge is 1.00 e. The third kappa shape index (κ3) is 34.7. The molecule has 0 spiro atoms. The van der Waals surface area contributed by atoms with Gasteiger partial charge in [0.2, 0.25) is 0 Å².